The molecule has 2 amide bonds. The standard InChI is InChI=1S/C68H64N16O6/c1-11-37-77(3)67(85)45-39-47-43-48(40-45)88-64-34-18-30-60(74-64)82(8)56-26-14-22-52(70-56)80(6)54-24-16-28-58(72-54)84(10)62-32-20-36-66(76-62)90-50-42-46(68(86)78(4)38-12-2)41-49(44-50)89-65-35-19-31-61(75-65)83(9)57-27-15-23-53(71-57)79(5)51-21-13-25-55(69-51)81(7)59-29-17-33-63(73-59)87-47/h11-36,39-44H,1-2,37-38H2,3-10H3. The van der Waals surface area contributed by atoms with Crippen molar-refractivity contribution in [1.29, 1.82) is 0 Å². The van der Waals surface area contributed by atoms with Gasteiger partial charge < -0.3 is 54.9 Å². The number of amides is 2. The number of carbonyl (C=O) groups excluding carboxylic acids is 2. The Morgan fingerprint density at radius 2 is 0.522 bits per heavy atom. The summed E-state index contributed by atoms with van der Waals surface area (Å²) < 4.78 is 36.9. The van der Waals surface area contributed by atoms with E-state index in [4.69, 9.17) is 57.5 Å². The van der Waals surface area contributed by atoms with E-state index >= 15 is 0 Å². The topological polar surface area (TPSA) is 226 Å². The van der Waals surface area contributed by atoms with E-state index in [1.807, 2.05) is 191 Å². The first-order valence-corrected chi connectivity index (χ1v) is 28.5. The molecule has 0 saturated heterocycles. The van der Waals surface area contributed by atoms with Gasteiger partial charge in [0.15, 0.2) is 0 Å². The highest BCUT2D eigenvalue weighted by atomic mass is 16.4. The Morgan fingerprint density at radius 1 is 0.333 bits per heavy atom. The van der Waals surface area contributed by atoms with Crippen LogP contribution in [-0.4, -0.2) is 116 Å². The lowest BCUT2D eigenvalue weighted by atomic mass is 10.2. The number of rotatable bonds is 6. The van der Waals surface area contributed by atoms with Gasteiger partial charge in [0, 0.05) is 117 Å². The van der Waals surface area contributed by atoms with Crippen molar-refractivity contribution in [2.45, 2.75) is 0 Å². The fourth-order valence-electron chi connectivity index (χ4n) is 9.54. The smallest absolute Gasteiger partial charge is 0.254 e. The molecule has 9 aromatic heterocycles. The summed E-state index contributed by atoms with van der Waals surface area (Å²) in [5.74, 6) is -0.558. The molecule has 0 aliphatic carbocycles. The molecule has 0 atom stereocenters. The summed E-state index contributed by atoms with van der Waals surface area (Å²) in [6.45, 7) is 8.27. The maximum atomic E-state index is 13.9. The highest BCUT2D eigenvalue weighted by Gasteiger charge is 2.14. The van der Waals surface area contributed by atoms with Crippen LogP contribution in [0.4, 0.5) is 0 Å². The van der Waals surface area contributed by atoms with Crippen LogP contribution in [0.1, 0.15) is 20.7 Å². The van der Waals surface area contributed by atoms with Crippen molar-refractivity contribution in [1.82, 2.24) is 77.1 Å². The van der Waals surface area contributed by atoms with E-state index < -0.39 is 0 Å². The Morgan fingerprint density at radius 3 is 0.722 bits per heavy atom. The van der Waals surface area contributed by atoms with Crippen LogP contribution in [0.25, 0.3) is 113 Å². The minimum Gasteiger partial charge on any atom is -0.439 e. The first-order valence-electron chi connectivity index (χ1n) is 28.5. The molecule has 22 nitrogen and oxygen atoms in total. The predicted octanol–water partition coefficient (Wildman–Crippen LogP) is 12.9. The molecular formula is C68H64N16O6. The van der Waals surface area contributed by atoms with Gasteiger partial charge in [0.25, 0.3) is 11.8 Å². The molecule has 20 bridgehead atoms. The predicted molar refractivity (Wildman–Crippen MR) is 351 cm³/mol. The van der Waals surface area contributed by atoms with Crippen LogP contribution in [0.15, 0.2) is 225 Å². The largest absolute Gasteiger partial charge is 0.439 e. The summed E-state index contributed by atoms with van der Waals surface area (Å²) in [6, 6.07) is 54.3. The number of aryl methyl sites for hydroxylation is 6. The lowest BCUT2D eigenvalue weighted by Crippen LogP contribution is -2.26. The van der Waals surface area contributed by atoms with Crippen LogP contribution in [-0.2, 0) is 42.3 Å². The normalized spacial score (nSPS) is 10.9. The molecule has 2 aromatic carbocycles. The van der Waals surface area contributed by atoms with Crippen molar-refractivity contribution in [3.05, 3.63) is 218 Å². The zero-order valence-electron chi connectivity index (χ0n) is 50.9. The van der Waals surface area contributed by atoms with E-state index in [9.17, 15) is 9.59 Å². The fourth-order valence-corrected chi connectivity index (χ4v) is 9.54. The van der Waals surface area contributed by atoms with E-state index in [1.54, 1.807) is 96.7 Å². The molecule has 0 fully saturated rings. The van der Waals surface area contributed by atoms with Gasteiger partial charge in [0.1, 0.15) is 90.1 Å². The van der Waals surface area contributed by atoms with Crippen LogP contribution in [0.5, 0.6) is 0 Å². The van der Waals surface area contributed by atoms with E-state index in [0.29, 0.717) is 114 Å². The quantitative estimate of drug-likeness (QED) is 0.141. The third-order valence-electron chi connectivity index (χ3n) is 14.5. The Labute approximate surface area is 514 Å². The number of pyridine rings is 8. The molecular weight excluding hydrogens is 1140 g/mol. The van der Waals surface area contributed by atoms with Crippen LogP contribution in [0.3, 0.4) is 0 Å². The third kappa shape index (κ3) is 13.5. The number of nitrogens with zero attached hydrogens (tertiary/aromatic N) is 16. The molecule has 0 N–H and O–H groups in total. The Balaban J connectivity index is 1.16. The monoisotopic (exact) mass is 1200 g/mol. The van der Waals surface area contributed by atoms with Crippen molar-refractivity contribution in [3.8, 4) is 0 Å². The average Bonchev–Trinajstić information content (AvgIpc) is 3.43. The van der Waals surface area contributed by atoms with Gasteiger partial charge in [-0.1, -0.05) is 60.7 Å². The first kappa shape index (κ1) is 59.8. The van der Waals surface area contributed by atoms with Crippen molar-refractivity contribution < 1.29 is 27.3 Å². The highest BCUT2D eigenvalue weighted by molar-refractivity contribution is 5.97. The lowest BCUT2D eigenvalue weighted by molar-refractivity contribution is 0.0803. The molecule has 0 saturated carbocycles. The molecule has 22 heteroatoms. The third-order valence-corrected chi connectivity index (χ3v) is 14.5. The van der Waals surface area contributed by atoms with Gasteiger partial charge in [0.2, 0.25) is 22.9 Å². The number of likely N-dealkylation sites (N-methyl/N-ethyl adjacent to an activating group) is 2. The van der Waals surface area contributed by atoms with E-state index in [0.717, 1.165) is 0 Å². The van der Waals surface area contributed by atoms with Crippen molar-refractivity contribution in [2.75, 3.05) is 27.2 Å². The summed E-state index contributed by atoms with van der Waals surface area (Å²) in [5, 5.41) is 0. The first-order chi connectivity index (χ1) is 43.6. The molecule has 11 rings (SSSR count). The molecule has 0 aliphatic rings. The minimum atomic E-state index is -0.279. The Bertz CT molecular complexity index is 4670. The van der Waals surface area contributed by atoms with Crippen molar-refractivity contribution in [2.24, 2.45) is 42.3 Å². The minimum absolute atomic E-state index is 0.252. The van der Waals surface area contributed by atoms with E-state index in [1.165, 1.54) is 0 Å². The maximum Gasteiger partial charge on any atom is 0.254 e. The summed E-state index contributed by atoms with van der Waals surface area (Å²) in [4.78, 5) is 70.5. The number of aromatic nitrogens is 14. The summed E-state index contributed by atoms with van der Waals surface area (Å²) >= 11 is 0. The van der Waals surface area contributed by atoms with Gasteiger partial charge >= 0.3 is 0 Å². The Hall–Kier alpha value is -11.9. The average molecular weight is 1200 g/mol. The highest BCUT2D eigenvalue weighted by Crippen LogP contribution is 2.20. The van der Waals surface area contributed by atoms with E-state index in [-0.39, 0.29) is 34.7 Å². The van der Waals surface area contributed by atoms with Crippen LogP contribution >= 0.6 is 0 Å². The van der Waals surface area contributed by atoms with E-state index in [2.05, 4.69) is 13.2 Å². The molecule has 0 unspecified atom stereocenters. The van der Waals surface area contributed by atoms with Gasteiger partial charge in [0.05, 0.1) is 0 Å². The molecule has 0 spiro atoms. The number of hydrogen-bond acceptors (Lipinski definition) is 14. The summed E-state index contributed by atoms with van der Waals surface area (Å²) in [5.41, 5.74) is 9.73. The van der Waals surface area contributed by atoms with Crippen LogP contribution < -0.4 is 0 Å². The zero-order valence-corrected chi connectivity index (χ0v) is 50.9. The second kappa shape index (κ2) is 26.4. The van der Waals surface area contributed by atoms with Gasteiger partial charge in [-0.15, -0.1) is 13.2 Å². The van der Waals surface area contributed by atoms with Crippen molar-refractivity contribution in [3.63, 3.8) is 0 Å². The van der Waals surface area contributed by atoms with Gasteiger partial charge in [-0.05, 0) is 97.1 Å². The summed E-state index contributed by atoms with van der Waals surface area (Å²) in [7, 11) is 14.6. The number of carbonyl (C=O) groups is 2. The number of benzene rings is 2. The van der Waals surface area contributed by atoms with Crippen molar-refractivity contribution >= 4 is 125 Å². The zero-order chi connectivity index (χ0) is 63.0. The lowest BCUT2D eigenvalue weighted by Gasteiger charge is -2.14. The van der Waals surface area contributed by atoms with Crippen LogP contribution in [0, 0.1) is 0 Å². The molecule has 90 heavy (non-hydrogen) atoms. The van der Waals surface area contributed by atoms with Gasteiger partial charge in [-0.25, -0.2) is 19.9 Å². The Kier molecular flexibility index (Phi) is 17.5. The molecule has 452 valence electrons. The fraction of sp³-hybridized carbons (Fsp3) is 0.147. The van der Waals surface area contributed by atoms with Gasteiger partial charge in [-0.2, -0.15) is 19.9 Å². The number of hydrogen-bond donors (Lipinski definition) is 0. The molecule has 11 aromatic rings. The van der Waals surface area contributed by atoms with Crippen LogP contribution in [0.2, 0.25) is 0 Å². The maximum absolute atomic E-state index is 13.9. The number of fused-ring (bicyclic) bond motifs is 20. The summed E-state index contributed by atoms with van der Waals surface area (Å²) in [6.07, 6.45) is 3.31. The van der Waals surface area contributed by atoms with Gasteiger partial charge in [-0.3, -0.25) is 9.59 Å². The molecule has 0 radical (unpaired) electrons. The molecule has 9 heterocycles. The SMILES string of the molecule is C=CCN(C)C(=O)c1cc2cc(c1)oc1cccc(n1)n(C)c1cccc(n1)n(C)c1cccc(n1)n(C)c1cccc(n1)oc1cc(C(=O)N(C)CC=C)cc(c1)oc1cccc(n1)n(C)c1cccc(n1)n(C)c1cccc(n1)n(C)c1cccc(n1)o2. The second-order valence-electron chi connectivity index (χ2n) is 20.8. The molecule has 0 aliphatic heterocycles. The second-order valence-corrected chi connectivity index (χ2v) is 20.8.